The van der Waals surface area contributed by atoms with Crippen molar-refractivity contribution in [2.24, 2.45) is 0 Å². The molecular formula is C24H31NO4. The van der Waals surface area contributed by atoms with Crippen LogP contribution >= 0.6 is 0 Å². The highest BCUT2D eigenvalue weighted by Crippen LogP contribution is 2.33. The van der Waals surface area contributed by atoms with Crippen molar-refractivity contribution in [3.8, 4) is 5.75 Å². The Morgan fingerprint density at radius 2 is 1.69 bits per heavy atom. The fourth-order valence-electron chi connectivity index (χ4n) is 3.30. The molecule has 0 amide bonds. The van der Waals surface area contributed by atoms with Gasteiger partial charge in [-0.05, 0) is 49.1 Å². The first kappa shape index (κ1) is 22.6. The summed E-state index contributed by atoms with van der Waals surface area (Å²) in [5, 5.41) is 0. The Balaban J connectivity index is 2.55. The second-order valence-corrected chi connectivity index (χ2v) is 6.94. The Morgan fingerprint density at radius 1 is 1.03 bits per heavy atom. The maximum atomic E-state index is 12.7. The zero-order valence-corrected chi connectivity index (χ0v) is 17.9. The molecule has 0 fully saturated rings. The first-order valence-electron chi connectivity index (χ1n) is 10.5. The summed E-state index contributed by atoms with van der Waals surface area (Å²) in [4.78, 5) is 29.2. The Kier molecular flexibility index (Phi) is 8.84. The smallest absolute Gasteiger partial charge is 0.352 e. The third-order valence-electron chi connectivity index (χ3n) is 4.65. The minimum absolute atomic E-state index is 0.112. The number of carbonyl (C=O) groups is 2. The number of carbonyl (C=O) groups excluding carboxylic acids is 2. The largest absolute Gasteiger partial charge is 0.473 e. The first-order valence-corrected chi connectivity index (χ1v) is 10.5. The minimum Gasteiger partial charge on any atom is -0.473 e. The van der Waals surface area contributed by atoms with Gasteiger partial charge in [-0.3, -0.25) is 9.78 Å². The summed E-state index contributed by atoms with van der Waals surface area (Å²) in [6.45, 7) is 8.08. The summed E-state index contributed by atoms with van der Waals surface area (Å²) in [6, 6.07) is 7.40. The van der Waals surface area contributed by atoms with Crippen LogP contribution in [0.5, 0.6) is 5.75 Å². The van der Waals surface area contributed by atoms with Crippen molar-refractivity contribution in [2.45, 2.75) is 65.9 Å². The normalized spacial score (nSPS) is 11.7. The Hall–Kier alpha value is -2.69. The third kappa shape index (κ3) is 5.89. The quantitative estimate of drug-likeness (QED) is 0.382. The lowest BCUT2D eigenvalue weighted by atomic mass is 9.95. The second kappa shape index (κ2) is 11.3. The van der Waals surface area contributed by atoms with Crippen molar-refractivity contribution in [1.29, 1.82) is 0 Å². The zero-order valence-electron chi connectivity index (χ0n) is 17.9. The first-order chi connectivity index (χ1) is 14.0. The van der Waals surface area contributed by atoms with Gasteiger partial charge in [0.1, 0.15) is 5.75 Å². The molecule has 0 aliphatic rings. The molecule has 0 aliphatic carbocycles. The molecule has 2 rings (SSSR count). The van der Waals surface area contributed by atoms with E-state index < -0.39 is 12.1 Å². The van der Waals surface area contributed by atoms with Crippen molar-refractivity contribution in [2.75, 3.05) is 6.61 Å². The van der Waals surface area contributed by atoms with Crippen LogP contribution in [0, 0.1) is 0 Å². The van der Waals surface area contributed by atoms with Gasteiger partial charge in [-0.25, -0.2) is 4.79 Å². The number of aryl methyl sites for hydroxylation is 2. The zero-order chi connectivity index (χ0) is 21.2. The van der Waals surface area contributed by atoms with Gasteiger partial charge in [0.2, 0.25) is 6.10 Å². The molecule has 156 valence electrons. The molecule has 0 radical (unpaired) electrons. The maximum absolute atomic E-state index is 12.7. The van der Waals surface area contributed by atoms with Crippen LogP contribution in [0.4, 0.5) is 0 Å². The molecule has 2 aromatic rings. The third-order valence-corrected chi connectivity index (χ3v) is 4.65. The lowest BCUT2D eigenvalue weighted by Crippen LogP contribution is -2.23. The van der Waals surface area contributed by atoms with Crippen LogP contribution in [-0.2, 0) is 22.4 Å². The van der Waals surface area contributed by atoms with E-state index in [2.05, 4.69) is 18.8 Å². The summed E-state index contributed by atoms with van der Waals surface area (Å²) in [5.74, 6) is 0.350. The van der Waals surface area contributed by atoms with Crippen molar-refractivity contribution >= 4 is 11.8 Å². The number of esters is 1. The number of aromatic nitrogens is 1. The number of rotatable bonds is 11. The fourth-order valence-corrected chi connectivity index (χ4v) is 3.30. The van der Waals surface area contributed by atoms with Crippen molar-refractivity contribution < 1.29 is 19.1 Å². The van der Waals surface area contributed by atoms with Gasteiger partial charge in [0, 0.05) is 29.9 Å². The number of ether oxygens (including phenoxy) is 2. The van der Waals surface area contributed by atoms with Crippen LogP contribution in [0.2, 0.25) is 0 Å². The number of nitrogens with zero attached hydrogens (tertiary/aromatic N) is 1. The molecule has 0 N–H and O–H groups in total. The highest BCUT2D eigenvalue weighted by molar-refractivity contribution is 5.96. The van der Waals surface area contributed by atoms with Gasteiger partial charge in [0.25, 0.3) is 0 Å². The van der Waals surface area contributed by atoms with E-state index in [-0.39, 0.29) is 12.4 Å². The molecule has 5 nitrogen and oxygen atoms in total. The molecule has 1 heterocycles. The van der Waals surface area contributed by atoms with Gasteiger partial charge in [-0.1, -0.05) is 39.7 Å². The molecule has 0 saturated carbocycles. The molecule has 1 atom stereocenters. The van der Waals surface area contributed by atoms with Gasteiger partial charge < -0.3 is 9.47 Å². The van der Waals surface area contributed by atoms with Crippen molar-refractivity contribution in [1.82, 2.24) is 4.98 Å². The molecule has 1 unspecified atom stereocenters. The molecule has 1 aromatic carbocycles. The predicted octanol–water partition coefficient (Wildman–Crippen LogP) is 5.26. The van der Waals surface area contributed by atoms with E-state index in [1.54, 1.807) is 25.4 Å². The Bertz CT molecular complexity index is 790. The lowest BCUT2D eigenvalue weighted by molar-refractivity contribution is -0.151. The average molecular weight is 398 g/mol. The van der Waals surface area contributed by atoms with Crippen LogP contribution in [-0.4, -0.2) is 23.3 Å². The van der Waals surface area contributed by atoms with Crippen LogP contribution in [0.15, 0.2) is 36.7 Å². The topological polar surface area (TPSA) is 65.5 Å². The van der Waals surface area contributed by atoms with Crippen LogP contribution in [0.3, 0.4) is 0 Å². The molecule has 0 spiro atoms. The number of Topliss-reactive ketones (excluding diaryl/α,β-unsaturated/α-hetero) is 1. The standard InChI is InChI=1S/C24H31NO4/c1-5-10-17-14-20(21(26)7-3)15-18(11-6-2)22(17)29-23(24(27)28-8-4)19-12-9-13-25-16-19/h9,12-16,23H,5-8,10-11H2,1-4H3. The van der Waals surface area contributed by atoms with E-state index in [4.69, 9.17) is 9.47 Å². The Labute approximate surface area is 173 Å². The van der Waals surface area contributed by atoms with E-state index in [0.717, 1.165) is 36.8 Å². The SMILES string of the molecule is CCCc1cc(C(=O)CC)cc(CCC)c1OC(C(=O)OCC)c1cccnc1. The minimum atomic E-state index is -0.900. The summed E-state index contributed by atoms with van der Waals surface area (Å²) in [7, 11) is 0. The number of benzene rings is 1. The molecular weight excluding hydrogens is 366 g/mol. The van der Waals surface area contributed by atoms with E-state index in [1.165, 1.54) is 0 Å². The maximum Gasteiger partial charge on any atom is 0.352 e. The molecule has 1 aromatic heterocycles. The van der Waals surface area contributed by atoms with Crippen LogP contribution in [0.25, 0.3) is 0 Å². The summed E-state index contributed by atoms with van der Waals surface area (Å²) >= 11 is 0. The van der Waals surface area contributed by atoms with E-state index in [9.17, 15) is 9.59 Å². The van der Waals surface area contributed by atoms with Crippen molar-refractivity contribution in [3.63, 3.8) is 0 Å². The van der Waals surface area contributed by atoms with Crippen molar-refractivity contribution in [3.05, 3.63) is 58.9 Å². The highest BCUT2D eigenvalue weighted by Gasteiger charge is 2.27. The monoisotopic (exact) mass is 397 g/mol. The number of pyridine rings is 1. The van der Waals surface area contributed by atoms with Gasteiger partial charge in [-0.15, -0.1) is 0 Å². The van der Waals surface area contributed by atoms with E-state index in [0.29, 0.717) is 23.3 Å². The molecule has 0 aliphatic heterocycles. The van der Waals surface area contributed by atoms with Crippen LogP contribution in [0.1, 0.15) is 80.1 Å². The number of hydrogen-bond donors (Lipinski definition) is 0. The Morgan fingerprint density at radius 3 is 2.17 bits per heavy atom. The van der Waals surface area contributed by atoms with Gasteiger partial charge in [-0.2, -0.15) is 0 Å². The van der Waals surface area contributed by atoms with E-state index in [1.807, 2.05) is 25.1 Å². The van der Waals surface area contributed by atoms with E-state index >= 15 is 0 Å². The van der Waals surface area contributed by atoms with Gasteiger partial charge >= 0.3 is 5.97 Å². The van der Waals surface area contributed by atoms with Gasteiger partial charge in [0.15, 0.2) is 5.78 Å². The summed E-state index contributed by atoms with van der Waals surface area (Å²) < 4.78 is 11.6. The second-order valence-electron chi connectivity index (χ2n) is 6.94. The molecule has 0 bridgehead atoms. The highest BCUT2D eigenvalue weighted by atomic mass is 16.6. The van der Waals surface area contributed by atoms with Crippen LogP contribution < -0.4 is 4.74 Å². The number of ketones is 1. The summed E-state index contributed by atoms with van der Waals surface area (Å²) in [5.41, 5.74) is 3.26. The predicted molar refractivity (Wildman–Crippen MR) is 113 cm³/mol. The lowest BCUT2D eigenvalue weighted by Gasteiger charge is -2.23. The average Bonchev–Trinajstić information content (AvgIpc) is 2.73. The molecule has 5 heteroatoms. The fraction of sp³-hybridized carbons (Fsp3) is 0.458. The summed E-state index contributed by atoms with van der Waals surface area (Å²) in [6.07, 6.45) is 6.17. The van der Waals surface area contributed by atoms with Gasteiger partial charge in [0.05, 0.1) is 6.61 Å². The number of hydrogen-bond acceptors (Lipinski definition) is 5. The molecule has 0 saturated heterocycles. The molecule has 29 heavy (non-hydrogen) atoms.